The van der Waals surface area contributed by atoms with Gasteiger partial charge in [0.2, 0.25) is 0 Å². The molecule has 11 heavy (non-hydrogen) atoms. The Hall–Kier alpha value is -0.0400. The molecular weight excluding hydrogens is 136 g/mol. The van der Waals surface area contributed by atoms with E-state index < -0.39 is 0 Å². The third-order valence-electron chi connectivity index (χ3n) is 3.60. The molecular formula is C10H18O. The highest BCUT2D eigenvalue weighted by Crippen LogP contribution is 2.63. The maximum atomic E-state index is 5.58. The molecule has 0 amide bonds. The Morgan fingerprint density at radius 2 is 1.82 bits per heavy atom. The van der Waals surface area contributed by atoms with Gasteiger partial charge in [0.15, 0.2) is 0 Å². The van der Waals surface area contributed by atoms with Gasteiger partial charge in [-0.2, -0.15) is 0 Å². The summed E-state index contributed by atoms with van der Waals surface area (Å²) in [5.74, 6) is 0. The summed E-state index contributed by atoms with van der Waals surface area (Å²) in [5, 5.41) is 0. The molecule has 0 aromatic rings. The van der Waals surface area contributed by atoms with Crippen LogP contribution in [-0.4, -0.2) is 12.7 Å². The van der Waals surface area contributed by atoms with E-state index in [1.54, 1.807) is 0 Å². The van der Waals surface area contributed by atoms with E-state index in [0.717, 1.165) is 6.61 Å². The molecule has 1 aliphatic heterocycles. The fourth-order valence-corrected chi connectivity index (χ4v) is 2.36. The van der Waals surface area contributed by atoms with Crippen LogP contribution in [0, 0.1) is 10.8 Å². The Kier molecular flexibility index (Phi) is 1.39. The van der Waals surface area contributed by atoms with Crippen LogP contribution in [0.4, 0.5) is 0 Å². The largest absolute Gasteiger partial charge is 0.377 e. The van der Waals surface area contributed by atoms with Crippen LogP contribution in [0.3, 0.4) is 0 Å². The van der Waals surface area contributed by atoms with Crippen LogP contribution >= 0.6 is 0 Å². The monoisotopic (exact) mass is 154 g/mol. The lowest BCUT2D eigenvalue weighted by Gasteiger charge is -2.42. The molecule has 1 nitrogen and oxygen atoms in total. The Morgan fingerprint density at radius 3 is 1.91 bits per heavy atom. The summed E-state index contributed by atoms with van der Waals surface area (Å²) in [5.41, 5.74) is 1.02. The first-order valence-corrected chi connectivity index (χ1v) is 4.68. The van der Waals surface area contributed by atoms with Gasteiger partial charge in [0.1, 0.15) is 0 Å². The highest BCUT2D eigenvalue weighted by Gasteiger charge is 2.59. The van der Waals surface area contributed by atoms with E-state index in [0.29, 0.717) is 16.9 Å². The number of hydrogen-bond acceptors (Lipinski definition) is 1. The van der Waals surface area contributed by atoms with Crippen molar-refractivity contribution >= 4 is 0 Å². The molecule has 0 radical (unpaired) electrons. The Labute approximate surface area is 69.1 Å². The van der Waals surface area contributed by atoms with Crippen molar-refractivity contribution in [3.63, 3.8) is 0 Å². The molecule has 1 heteroatoms. The van der Waals surface area contributed by atoms with Crippen LogP contribution in [0.2, 0.25) is 0 Å². The first kappa shape index (κ1) is 7.60. The van der Waals surface area contributed by atoms with Crippen molar-refractivity contribution in [1.82, 2.24) is 0 Å². The lowest BCUT2D eigenvalue weighted by molar-refractivity contribution is -0.122. The molecule has 2 rings (SSSR count). The van der Waals surface area contributed by atoms with Crippen LogP contribution in [0.1, 0.15) is 40.0 Å². The van der Waals surface area contributed by atoms with Gasteiger partial charge >= 0.3 is 0 Å². The fraction of sp³-hybridized carbons (Fsp3) is 1.00. The number of hydrogen-bond donors (Lipinski definition) is 0. The van der Waals surface area contributed by atoms with Crippen LogP contribution < -0.4 is 0 Å². The fourth-order valence-electron chi connectivity index (χ4n) is 2.36. The van der Waals surface area contributed by atoms with Crippen molar-refractivity contribution in [3.05, 3.63) is 0 Å². The third-order valence-corrected chi connectivity index (χ3v) is 3.60. The highest BCUT2D eigenvalue weighted by atomic mass is 16.5. The molecule has 1 atom stereocenters. The standard InChI is InChI=1S/C10H18O/c1-9(2,3)10(5-6-10)8-4-7-11-8/h8H,4-7H2,1-3H3/t8-/m0/s1. The van der Waals surface area contributed by atoms with Crippen LogP contribution in [0.15, 0.2) is 0 Å². The molecule has 0 spiro atoms. The van der Waals surface area contributed by atoms with Gasteiger partial charge in [-0.05, 0) is 24.7 Å². The topological polar surface area (TPSA) is 9.23 Å². The van der Waals surface area contributed by atoms with Gasteiger partial charge in [0.05, 0.1) is 6.10 Å². The van der Waals surface area contributed by atoms with Crippen molar-refractivity contribution in [2.24, 2.45) is 10.8 Å². The van der Waals surface area contributed by atoms with Crippen LogP contribution in [0.5, 0.6) is 0 Å². The van der Waals surface area contributed by atoms with Crippen molar-refractivity contribution in [2.75, 3.05) is 6.61 Å². The van der Waals surface area contributed by atoms with E-state index in [1.807, 2.05) is 0 Å². The quantitative estimate of drug-likeness (QED) is 0.564. The molecule has 2 fully saturated rings. The molecule has 0 bridgehead atoms. The maximum Gasteiger partial charge on any atom is 0.0658 e. The number of rotatable bonds is 1. The van der Waals surface area contributed by atoms with E-state index in [2.05, 4.69) is 20.8 Å². The SMILES string of the molecule is CC(C)(C)C1([C@@H]2CCO2)CC1. The summed E-state index contributed by atoms with van der Waals surface area (Å²) < 4.78 is 5.58. The van der Waals surface area contributed by atoms with Gasteiger partial charge < -0.3 is 4.74 Å². The van der Waals surface area contributed by atoms with E-state index in [4.69, 9.17) is 4.74 Å². The van der Waals surface area contributed by atoms with E-state index in [-0.39, 0.29) is 0 Å². The zero-order valence-electron chi connectivity index (χ0n) is 7.81. The minimum absolute atomic E-state index is 0.456. The summed E-state index contributed by atoms with van der Waals surface area (Å²) in [4.78, 5) is 0. The first-order chi connectivity index (χ1) is 5.06. The molecule has 2 aliphatic rings. The lowest BCUT2D eigenvalue weighted by atomic mass is 9.72. The predicted molar refractivity (Wildman–Crippen MR) is 45.5 cm³/mol. The molecule has 0 unspecified atom stereocenters. The van der Waals surface area contributed by atoms with Gasteiger partial charge in [-0.3, -0.25) is 0 Å². The molecule has 64 valence electrons. The van der Waals surface area contributed by atoms with Crippen molar-refractivity contribution in [1.29, 1.82) is 0 Å². The third kappa shape index (κ3) is 0.936. The van der Waals surface area contributed by atoms with Crippen LogP contribution in [-0.2, 0) is 4.74 Å². The lowest BCUT2D eigenvalue weighted by Crippen LogP contribution is -2.42. The second-order valence-corrected chi connectivity index (χ2v) is 5.05. The summed E-state index contributed by atoms with van der Waals surface area (Å²) in [6.45, 7) is 8.05. The number of ether oxygens (including phenoxy) is 1. The molecule has 1 aliphatic carbocycles. The van der Waals surface area contributed by atoms with Gasteiger partial charge in [0.25, 0.3) is 0 Å². The van der Waals surface area contributed by atoms with Gasteiger partial charge in [-0.1, -0.05) is 20.8 Å². The molecule has 1 saturated carbocycles. The minimum Gasteiger partial charge on any atom is -0.377 e. The second-order valence-electron chi connectivity index (χ2n) is 5.05. The Balaban J connectivity index is 2.09. The Bertz CT molecular complexity index is 158. The summed E-state index contributed by atoms with van der Waals surface area (Å²) in [6.07, 6.45) is 4.68. The van der Waals surface area contributed by atoms with Gasteiger partial charge in [0, 0.05) is 12.0 Å². The van der Waals surface area contributed by atoms with Gasteiger partial charge in [-0.25, -0.2) is 0 Å². The summed E-state index contributed by atoms with van der Waals surface area (Å²) in [7, 11) is 0. The molecule has 0 aromatic heterocycles. The van der Waals surface area contributed by atoms with E-state index in [9.17, 15) is 0 Å². The zero-order chi connectivity index (χ0) is 8.11. The summed E-state index contributed by atoms with van der Waals surface area (Å²) >= 11 is 0. The van der Waals surface area contributed by atoms with Crippen LogP contribution in [0.25, 0.3) is 0 Å². The van der Waals surface area contributed by atoms with Crippen molar-refractivity contribution in [2.45, 2.75) is 46.1 Å². The first-order valence-electron chi connectivity index (χ1n) is 4.68. The van der Waals surface area contributed by atoms with E-state index >= 15 is 0 Å². The second kappa shape index (κ2) is 2.01. The highest BCUT2D eigenvalue weighted by molar-refractivity contribution is 5.08. The molecule has 1 heterocycles. The average Bonchev–Trinajstić information content (AvgIpc) is 2.37. The van der Waals surface area contributed by atoms with Crippen molar-refractivity contribution < 1.29 is 4.74 Å². The van der Waals surface area contributed by atoms with E-state index in [1.165, 1.54) is 19.3 Å². The average molecular weight is 154 g/mol. The predicted octanol–water partition coefficient (Wildman–Crippen LogP) is 2.60. The molecule has 0 N–H and O–H groups in total. The Morgan fingerprint density at radius 1 is 1.27 bits per heavy atom. The maximum absolute atomic E-state index is 5.58. The normalized spacial score (nSPS) is 34.6. The zero-order valence-corrected chi connectivity index (χ0v) is 7.81. The van der Waals surface area contributed by atoms with Crippen molar-refractivity contribution in [3.8, 4) is 0 Å². The molecule has 0 aromatic carbocycles. The molecule has 1 saturated heterocycles. The summed E-state index contributed by atoms with van der Waals surface area (Å²) in [6, 6.07) is 0. The minimum atomic E-state index is 0.456. The smallest absolute Gasteiger partial charge is 0.0658 e. The van der Waals surface area contributed by atoms with Gasteiger partial charge in [-0.15, -0.1) is 0 Å².